The minimum Gasteiger partial charge on any atom is -0.310 e. The van der Waals surface area contributed by atoms with Gasteiger partial charge in [0.15, 0.2) is 0 Å². The lowest BCUT2D eigenvalue weighted by atomic mass is 9.38. The summed E-state index contributed by atoms with van der Waals surface area (Å²) in [5.41, 5.74) is 16.3. The summed E-state index contributed by atoms with van der Waals surface area (Å²) in [5.74, 6) is 0.482. The van der Waals surface area contributed by atoms with Crippen LogP contribution in [0.3, 0.4) is 0 Å². The van der Waals surface area contributed by atoms with Gasteiger partial charge < -0.3 is 9.80 Å². The standard InChI is InChI=1S/C55H61BN2S/c1-36-31-38(53(5,6)7)25-28-47(36)58-48-33-42(57(40-21-14-12-15-22-40)41-23-16-13-17-24-41)26-27-46(48)56(39-20-18-19-37(32-39)52(2,3)4)51-50(58)43-34-44-45(35-49(43)59-51)55(10,11)30-29-54(44,8)9/h12-24,26-28,31-35,38H,25,29-30H2,1-11H3. The molecule has 0 radical (unpaired) electrons. The van der Waals surface area contributed by atoms with Gasteiger partial charge in [0, 0.05) is 43.3 Å². The monoisotopic (exact) mass is 792 g/mol. The fourth-order valence-corrected chi connectivity index (χ4v) is 11.4. The van der Waals surface area contributed by atoms with Crippen molar-refractivity contribution in [3.05, 3.63) is 155 Å². The number of anilines is 5. The average molecular weight is 793 g/mol. The summed E-state index contributed by atoms with van der Waals surface area (Å²) < 4.78 is 2.84. The molecule has 3 aliphatic rings. The summed E-state index contributed by atoms with van der Waals surface area (Å²) in [7, 11) is 0. The number of hydrogen-bond donors (Lipinski definition) is 0. The van der Waals surface area contributed by atoms with Gasteiger partial charge in [-0.15, -0.1) is 11.3 Å². The number of para-hydroxylation sites is 2. The maximum atomic E-state index is 2.70. The van der Waals surface area contributed by atoms with E-state index in [1.165, 1.54) is 78.0 Å². The molecule has 0 saturated carbocycles. The molecule has 2 heterocycles. The molecule has 1 aliphatic heterocycles. The topological polar surface area (TPSA) is 6.48 Å². The van der Waals surface area contributed by atoms with E-state index in [0.29, 0.717) is 5.92 Å². The second kappa shape index (κ2) is 14.2. The van der Waals surface area contributed by atoms with Crippen LogP contribution in [0, 0.1) is 11.3 Å². The third-order valence-corrected chi connectivity index (χ3v) is 15.1. The molecule has 2 aliphatic carbocycles. The number of benzene rings is 5. The van der Waals surface area contributed by atoms with E-state index in [1.807, 2.05) is 11.3 Å². The molecule has 0 fully saturated rings. The van der Waals surface area contributed by atoms with Crippen LogP contribution in [0.4, 0.5) is 28.4 Å². The van der Waals surface area contributed by atoms with Gasteiger partial charge in [0.05, 0.1) is 5.69 Å². The Morgan fingerprint density at radius 2 is 1.32 bits per heavy atom. The third kappa shape index (κ3) is 6.90. The minimum absolute atomic E-state index is 0.0346. The number of rotatable bonds is 5. The van der Waals surface area contributed by atoms with Crippen molar-refractivity contribution in [2.75, 3.05) is 9.80 Å². The van der Waals surface area contributed by atoms with Crippen LogP contribution < -0.4 is 25.5 Å². The van der Waals surface area contributed by atoms with Crippen molar-refractivity contribution < 1.29 is 0 Å². The average Bonchev–Trinajstić information content (AvgIpc) is 3.57. The molecular formula is C55H61BN2S. The Kier molecular flexibility index (Phi) is 9.52. The molecule has 0 N–H and O–H groups in total. The second-order valence-electron chi connectivity index (χ2n) is 21.0. The van der Waals surface area contributed by atoms with Crippen LogP contribution in [0.1, 0.15) is 112 Å². The number of allylic oxidation sites excluding steroid dienone is 3. The van der Waals surface area contributed by atoms with Gasteiger partial charge in [0.2, 0.25) is 0 Å². The molecule has 0 spiro atoms. The van der Waals surface area contributed by atoms with Gasteiger partial charge in [0.25, 0.3) is 6.71 Å². The molecule has 2 nitrogen and oxygen atoms in total. The van der Waals surface area contributed by atoms with Crippen LogP contribution in [0.2, 0.25) is 0 Å². The fourth-order valence-electron chi connectivity index (χ4n) is 10.1. The summed E-state index contributed by atoms with van der Waals surface area (Å²) >= 11 is 2.03. The predicted molar refractivity (Wildman–Crippen MR) is 260 cm³/mol. The molecule has 1 aromatic heterocycles. The third-order valence-electron chi connectivity index (χ3n) is 13.9. The first kappa shape index (κ1) is 39.7. The SMILES string of the molecule is CC1=CC(C(C)(C)C)CC=C1N1c2cc(N(c3ccccc3)c3ccccc3)ccc2B(c2cccc(C(C)(C)C)c2)c2sc3cc4c(cc3c21)C(C)(C)CCC4(C)C. The Morgan fingerprint density at radius 1 is 0.695 bits per heavy atom. The molecule has 9 rings (SSSR count). The van der Waals surface area contributed by atoms with Crippen molar-refractivity contribution in [2.24, 2.45) is 11.3 Å². The smallest absolute Gasteiger partial charge is 0.259 e. The molecule has 300 valence electrons. The summed E-state index contributed by atoms with van der Waals surface area (Å²) in [6, 6.07) is 43.8. The summed E-state index contributed by atoms with van der Waals surface area (Å²) in [4.78, 5) is 5.12. The van der Waals surface area contributed by atoms with Crippen molar-refractivity contribution in [1.29, 1.82) is 0 Å². The molecule has 4 heteroatoms. The lowest BCUT2D eigenvalue weighted by molar-refractivity contribution is 0.291. The largest absolute Gasteiger partial charge is 0.310 e. The number of hydrogen-bond acceptors (Lipinski definition) is 3. The highest BCUT2D eigenvalue weighted by atomic mass is 32.1. The molecule has 5 aromatic carbocycles. The zero-order valence-corrected chi connectivity index (χ0v) is 38.0. The highest BCUT2D eigenvalue weighted by Gasteiger charge is 2.43. The summed E-state index contributed by atoms with van der Waals surface area (Å²) in [6.07, 6.45) is 8.55. The Morgan fingerprint density at radius 3 is 1.92 bits per heavy atom. The van der Waals surface area contributed by atoms with Gasteiger partial charge >= 0.3 is 0 Å². The zero-order chi connectivity index (χ0) is 41.6. The van der Waals surface area contributed by atoms with Crippen molar-refractivity contribution in [1.82, 2.24) is 0 Å². The highest BCUT2D eigenvalue weighted by Crippen LogP contribution is 2.52. The number of thiophene rings is 1. The van der Waals surface area contributed by atoms with Crippen LogP contribution in [-0.2, 0) is 16.2 Å². The zero-order valence-electron chi connectivity index (χ0n) is 37.2. The van der Waals surface area contributed by atoms with Crippen LogP contribution in [-0.4, -0.2) is 6.71 Å². The molecule has 1 atom stereocenters. The van der Waals surface area contributed by atoms with Gasteiger partial charge in [-0.25, -0.2) is 0 Å². The normalized spacial score (nSPS) is 18.5. The van der Waals surface area contributed by atoms with Crippen LogP contribution >= 0.6 is 11.3 Å². The Balaban J connectivity index is 1.37. The lowest BCUT2D eigenvalue weighted by Crippen LogP contribution is -2.56. The second-order valence-corrected chi connectivity index (χ2v) is 22.1. The molecule has 1 unspecified atom stereocenters. The van der Waals surface area contributed by atoms with Crippen LogP contribution in [0.5, 0.6) is 0 Å². The fraction of sp³-hybridized carbons (Fsp3) is 0.345. The first-order valence-electron chi connectivity index (χ1n) is 21.9. The lowest BCUT2D eigenvalue weighted by Gasteiger charge is -2.42. The van der Waals surface area contributed by atoms with Crippen molar-refractivity contribution in [2.45, 2.75) is 112 Å². The van der Waals surface area contributed by atoms with Gasteiger partial charge in [-0.3, -0.25) is 0 Å². The van der Waals surface area contributed by atoms with Gasteiger partial charge in [0.1, 0.15) is 0 Å². The van der Waals surface area contributed by atoms with Crippen molar-refractivity contribution >= 4 is 72.3 Å². The maximum absolute atomic E-state index is 2.70. The Hall–Kier alpha value is -4.80. The molecule has 6 aromatic rings. The highest BCUT2D eigenvalue weighted by molar-refractivity contribution is 7.33. The maximum Gasteiger partial charge on any atom is 0.259 e. The van der Waals surface area contributed by atoms with E-state index in [2.05, 4.69) is 213 Å². The van der Waals surface area contributed by atoms with E-state index in [1.54, 1.807) is 0 Å². The van der Waals surface area contributed by atoms with E-state index in [9.17, 15) is 0 Å². The van der Waals surface area contributed by atoms with E-state index < -0.39 is 0 Å². The van der Waals surface area contributed by atoms with E-state index in [4.69, 9.17) is 0 Å². The Labute approximate surface area is 358 Å². The van der Waals surface area contributed by atoms with E-state index >= 15 is 0 Å². The summed E-state index contributed by atoms with van der Waals surface area (Å²) in [5, 5.41) is 1.39. The summed E-state index contributed by atoms with van der Waals surface area (Å²) in [6.45, 7) is 26.5. The van der Waals surface area contributed by atoms with Gasteiger partial charge in [-0.2, -0.15) is 0 Å². The molecule has 0 amide bonds. The minimum atomic E-state index is 0.0346. The molecule has 0 bridgehead atoms. The Bertz CT molecular complexity index is 2590. The molecular weight excluding hydrogens is 731 g/mol. The van der Waals surface area contributed by atoms with Gasteiger partial charge in [-0.1, -0.05) is 154 Å². The number of nitrogens with zero attached hydrogens (tertiary/aromatic N) is 2. The number of fused-ring (bicyclic) bond motifs is 5. The van der Waals surface area contributed by atoms with Crippen LogP contribution in [0.15, 0.2) is 139 Å². The predicted octanol–water partition coefficient (Wildman–Crippen LogP) is 13.9. The first-order valence-corrected chi connectivity index (χ1v) is 22.7. The van der Waals surface area contributed by atoms with Crippen molar-refractivity contribution in [3.8, 4) is 0 Å². The first-order chi connectivity index (χ1) is 27.9. The quantitative estimate of drug-likeness (QED) is 0.160. The van der Waals surface area contributed by atoms with E-state index in [0.717, 1.165) is 23.5 Å². The van der Waals surface area contributed by atoms with E-state index in [-0.39, 0.29) is 28.4 Å². The molecule has 59 heavy (non-hydrogen) atoms. The molecule has 0 saturated heterocycles. The van der Waals surface area contributed by atoms with Gasteiger partial charge in [-0.05, 0) is 130 Å². The van der Waals surface area contributed by atoms with Crippen molar-refractivity contribution in [3.63, 3.8) is 0 Å². The van der Waals surface area contributed by atoms with Crippen LogP contribution in [0.25, 0.3) is 10.1 Å².